The Morgan fingerprint density at radius 2 is 1.58 bits per heavy atom. The zero-order valence-corrected chi connectivity index (χ0v) is 15.6. The highest BCUT2D eigenvalue weighted by atomic mass is 32.2. The predicted octanol–water partition coefficient (Wildman–Crippen LogP) is -0.722. The summed E-state index contributed by atoms with van der Waals surface area (Å²) in [4.78, 5) is 14.2. The summed E-state index contributed by atoms with van der Waals surface area (Å²) in [6.07, 6.45) is 0.478. The maximum absolute atomic E-state index is 12.7. The summed E-state index contributed by atoms with van der Waals surface area (Å²) in [5.74, 6) is -0.128. The van der Waals surface area contributed by atoms with Crippen LogP contribution >= 0.6 is 0 Å². The van der Waals surface area contributed by atoms with E-state index in [1.807, 2.05) is 30.3 Å². The van der Waals surface area contributed by atoms with Crippen LogP contribution in [-0.4, -0.2) is 86.4 Å². The Kier molecular flexibility index (Phi) is 6.25. The van der Waals surface area contributed by atoms with Crippen LogP contribution in [0.1, 0.15) is 5.56 Å². The standard InChI is InChI=1S/C17H26N4O4S/c18-16(14-15-4-2-1-3-5-15)17(22)19-6-8-20(9-7-19)26(23,24)21-10-12-25-13-11-21/h1-5,16H,6-14,18H2/t16-/m0/s1. The minimum absolute atomic E-state index is 0.128. The Balaban J connectivity index is 1.53. The molecule has 8 nitrogen and oxygen atoms in total. The second-order valence-corrected chi connectivity index (χ2v) is 8.47. The molecule has 2 N–H and O–H groups in total. The van der Waals surface area contributed by atoms with E-state index in [9.17, 15) is 13.2 Å². The first-order chi connectivity index (χ1) is 12.5. The van der Waals surface area contributed by atoms with E-state index < -0.39 is 16.3 Å². The van der Waals surface area contributed by atoms with Gasteiger partial charge in [-0.25, -0.2) is 0 Å². The number of nitrogens with two attached hydrogens (primary N) is 1. The fourth-order valence-corrected chi connectivity index (χ4v) is 4.83. The number of hydrogen-bond donors (Lipinski definition) is 1. The maximum Gasteiger partial charge on any atom is 0.282 e. The fourth-order valence-electron chi connectivity index (χ4n) is 3.27. The molecule has 2 aliphatic rings. The molecule has 1 aromatic rings. The van der Waals surface area contributed by atoms with Gasteiger partial charge in [0.2, 0.25) is 5.91 Å². The molecule has 0 radical (unpaired) electrons. The molecule has 2 aliphatic heterocycles. The first-order valence-corrected chi connectivity index (χ1v) is 10.3. The van der Waals surface area contributed by atoms with Crippen LogP contribution in [0.5, 0.6) is 0 Å². The molecule has 3 rings (SSSR count). The van der Waals surface area contributed by atoms with Crippen molar-refractivity contribution in [2.24, 2.45) is 5.73 Å². The molecule has 0 unspecified atom stereocenters. The molecular weight excluding hydrogens is 356 g/mol. The molecule has 0 spiro atoms. The lowest BCUT2D eigenvalue weighted by atomic mass is 10.1. The van der Waals surface area contributed by atoms with E-state index in [1.54, 1.807) is 4.90 Å². The van der Waals surface area contributed by atoms with Crippen LogP contribution in [0.25, 0.3) is 0 Å². The molecule has 0 saturated carbocycles. The summed E-state index contributed by atoms with van der Waals surface area (Å²) in [5, 5.41) is 0. The molecule has 26 heavy (non-hydrogen) atoms. The van der Waals surface area contributed by atoms with Crippen LogP contribution in [0, 0.1) is 0 Å². The fraction of sp³-hybridized carbons (Fsp3) is 0.588. The predicted molar refractivity (Wildman–Crippen MR) is 97.6 cm³/mol. The Morgan fingerprint density at radius 3 is 2.19 bits per heavy atom. The Hall–Kier alpha value is -1.52. The van der Waals surface area contributed by atoms with E-state index in [1.165, 1.54) is 8.61 Å². The third-order valence-corrected chi connectivity index (χ3v) is 6.82. The zero-order valence-electron chi connectivity index (χ0n) is 14.8. The highest BCUT2D eigenvalue weighted by Crippen LogP contribution is 2.15. The van der Waals surface area contributed by atoms with Gasteiger partial charge in [0.05, 0.1) is 19.3 Å². The van der Waals surface area contributed by atoms with Crippen molar-refractivity contribution in [2.75, 3.05) is 52.5 Å². The average Bonchev–Trinajstić information content (AvgIpc) is 2.69. The van der Waals surface area contributed by atoms with E-state index in [0.717, 1.165) is 5.56 Å². The highest BCUT2D eigenvalue weighted by Gasteiger charge is 2.34. The highest BCUT2D eigenvalue weighted by molar-refractivity contribution is 7.86. The number of carbonyl (C=O) groups excluding carboxylic acids is 1. The lowest BCUT2D eigenvalue weighted by Crippen LogP contribution is -2.57. The smallest absolute Gasteiger partial charge is 0.282 e. The third-order valence-electron chi connectivity index (χ3n) is 4.79. The second-order valence-electron chi connectivity index (χ2n) is 6.54. The van der Waals surface area contributed by atoms with Gasteiger partial charge in [-0.1, -0.05) is 30.3 Å². The van der Waals surface area contributed by atoms with Gasteiger partial charge < -0.3 is 15.4 Å². The minimum atomic E-state index is -3.49. The van der Waals surface area contributed by atoms with Crippen LogP contribution in [0.2, 0.25) is 0 Å². The van der Waals surface area contributed by atoms with Crippen molar-refractivity contribution in [1.29, 1.82) is 0 Å². The molecule has 144 valence electrons. The third kappa shape index (κ3) is 4.41. The monoisotopic (exact) mass is 382 g/mol. The first kappa shape index (κ1) is 19.2. The van der Waals surface area contributed by atoms with Gasteiger partial charge >= 0.3 is 0 Å². The van der Waals surface area contributed by atoms with Gasteiger partial charge in [0, 0.05) is 39.3 Å². The van der Waals surface area contributed by atoms with Crippen molar-refractivity contribution in [3.8, 4) is 0 Å². The van der Waals surface area contributed by atoms with Gasteiger partial charge in [-0.2, -0.15) is 17.0 Å². The first-order valence-electron chi connectivity index (χ1n) is 8.90. The summed E-state index contributed by atoms with van der Waals surface area (Å²) >= 11 is 0. The Bertz CT molecular complexity index is 699. The molecule has 0 bridgehead atoms. The van der Waals surface area contributed by atoms with Crippen molar-refractivity contribution in [3.05, 3.63) is 35.9 Å². The number of hydrogen-bond acceptors (Lipinski definition) is 5. The summed E-state index contributed by atoms with van der Waals surface area (Å²) < 4.78 is 33.4. The van der Waals surface area contributed by atoms with E-state index >= 15 is 0 Å². The second kappa shape index (κ2) is 8.45. The molecule has 2 heterocycles. The van der Waals surface area contributed by atoms with E-state index in [0.29, 0.717) is 58.9 Å². The minimum Gasteiger partial charge on any atom is -0.379 e. The number of nitrogens with zero attached hydrogens (tertiary/aromatic N) is 3. The number of ether oxygens (including phenoxy) is 1. The summed E-state index contributed by atoms with van der Waals surface area (Å²) in [6, 6.07) is 9.04. The molecule has 9 heteroatoms. The van der Waals surface area contributed by atoms with E-state index in [4.69, 9.17) is 10.5 Å². The molecule has 0 aliphatic carbocycles. The largest absolute Gasteiger partial charge is 0.379 e. The van der Waals surface area contributed by atoms with Gasteiger partial charge in [0.1, 0.15) is 0 Å². The van der Waals surface area contributed by atoms with Gasteiger partial charge in [-0.3, -0.25) is 4.79 Å². The summed E-state index contributed by atoms with van der Waals surface area (Å²) in [6.45, 7) is 2.92. The van der Waals surface area contributed by atoms with Crippen LogP contribution in [0.4, 0.5) is 0 Å². The maximum atomic E-state index is 12.7. The van der Waals surface area contributed by atoms with Gasteiger partial charge in [-0.05, 0) is 12.0 Å². The van der Waals surface area contributed by atoms with Gasteiger partial charge in [-0.15, -0.1) is 0 Å². The van der Waals surface area contributed by atoms with Crippen molar-refractivity contribution in [1.82, 2.24) is 13.5 Å². The number of benzene rings is 1. The van der Waals surface area contributed by atoms with Crippen LogP contribution in [0.3, 0.4) is 0 Å². The quantitative estimate of drug-likeness (QED) is 0.725. The van der Waals surface area contributed by atoms with Crippen molar-refractivity contribution < 1.29 is 17.9 Å². The van der Waals surface area contributed by atoms with E-state index in [-0.39, 0.29) is 5.91 Å². The normalized spacial score (nSPS) is 21.5. The van der Waals surface area contributed by atoms with Crippen LogP contribution < -0.4 is 5.73 Å². The molecule has 1 aromatic carbocycles. The molecule has 0 aromatic heterocycles. The van der Waals surface area contributed by atoms with Crippen molar-refractivity contribution in [3.63, 3.8) is 0 Å². The van der Waals surface area contributed by atoms with Crippen LogP contribution in [-0.2, 0) is 26.2 Å². The number of morpholine rings is 1. The topological polar surface area (TPSA) is 96.2 Å². The lowest BCUT2D eigenvalue weighted by Gasteiger charge is -2.38. The molecule has 1 atom stereocenters. The van der Waals surface area contributed by atoms with Crippen molar-refractivity contribution in [2.45, 2.75) is 12.5 Å². The summed E-state index contributed by atoms with van der Waals surface area (Å²) in [5.41, 5.74) is 7.09. The number of piperazine rings is 1. The zero-order chi connectivity index (χ0) is 18.6. The molecule has 1 amide bonds. The SMILES string of the molecule is N[C@@H](Cc1ccccc1)C(=O)N1CCN(S(=O)(=O)N2CCOCC2)CC1. The number of rotatable bonds is 5. The lowest BCUT2D eigenvalue weighted by molar-refractivity contribution is -0.133. The average molecular weight is 382 g/mol. The Labute approximate surface area is 154 Å². The Morgan fingerprint density at radius 1 is 1.00 bits per heavy atom. The molecule has 2 saturated heterocycles. The molecule has 2 fully saturated rings. The molecular formula is C17H26N4O4S. The summed E-state index contributed by atoms with van der Waals surface area (Å²) in [7, 11) is -3.49. The van der Waals surface area contributed by atoms with E-state index in [2.05, 4.69) is 0 Å². The van der Waals surface area contributed by atoms with Crippen molar-refractivity contribution >= 4 is 16.1 Å². The number of amides is 1. The van der Waals surface area contributed by atoms with Crippen LogP contribution in [0.15, 0.2) is 30.3 Å². The van der Waals surface area contributed by atoms with Gasteiger partial charge in [0.15, 0.2) is 0 Å². The number of carbonyl (C=O) groups is 1. The van der Waals surface area contributed by atoms with Gasteiger partial charge in [0.25, 0.3) is 10.2 Å².